The lowest BCUT2D eigenvalue weighted by molar-refractivity contribution is -0.115. The quantitative estimate of drug-likeness (QED) is 0.823. The second-order valence-electron chi connectivity index (χ2n) is 4.02. The largest absolute Gasteiger partial charge is 0.493 e. The van der Waals surface area contributed by atoms with Crippen LogP contribution in [0.3, 0.4) is 0 Å². The van der Waals surface area contributed by atoms with Gasteiger partial charge >= 0.3 is 0 Å². The number of aromatic nitrogens is 2. The molecule has 1 N–H and O–H groups in total. The van der Waals surface area contributed by atoms with Gasteiger partial charge in [-0.25, -0.2) is 0 Å². The number of hydrogen-bond donors (Lipinski definition) is 1. The van der Waals surface area contributed by atoms with E-state index in [0.29, 0.717) is 17.2 Å². The summed E-state index contributed by atoms with van der Waals surface area (Å²) in [7, 11) is 3.12. The molecular weight excluding hydrogens is 310 g/mol. The summed E-state index contributed by atoms with van der Waals surface area (Å²) in [5, 5.41) is 10.2. The highest BCUT2D eigenvalue weighted by Crippen LogP contribution is 2.30. The highest BCUT2D eigenvalue weighted by molar-refractivity contribution is 8.02. The molecule has 8 heteroatoms. The summed E-state index contributed by atoms with van der Waals surface area (Å²) < 4.78 is 11.1. The van der Waals surface area contributed by atoms with Gasteiger partial charge in [-0.2, -0.15) is 0 Å². The average molecular weight is 325 g/mol. The maximum Gasteiger partial charge on any atom is 0.237 e. The van der Waals surface area contributed by atoms with E-state index in [2.05, 4.69) is 15.5 Å². The van der Waals surface area contributed by atoms with Gasteiger partial charge in [0.1, 0.15) is 5.51 Å². The van der Waals surface area contributed by atoms with E-state index in [1.165, 1.54) is 23.1 Å². The molecule has 0 aliphatic heterocycles. The molecule has 1 aromatic heterocycles. The molecular formula is C13H15N3O3S2. The maximum atomic E-state index is 12.1. The Morgan fingerprint density at radius 3 is 2.71 bits per heavy atom. The number of nitrogens with one attached hydrogen (secondary N) is 1. The highest BCUT2D eigenvalue weighted by Gasteiger charge is 2.17. The molecule has 0 fully saturated rings. The molecule has 0 saturated carbocycles. The van der Waals surface area contributed by atoms with Crippen LogP contribution < -0.4 is 14.8 Å². The summed E-state index contributed by atoms with van der Waals surface area (Å²) in [5.41, 5.74) is 2.30. The predicted molar refractivity (Wildman–Crippen MR) is 83.4 cm³/mol. The Labute approximate surface area is 130 Å². The second kappa shape index (κ2) is 7.28. The third kappa shape index (κ3) is 4.08. The Hall–Kier alpha value is -1.80. The van der Waals surface area contributed by atoms with E-state index < -0.39 is 0 Å². The van der Waals surface area contributed by atoms with E-state index >= 15 is 0 Å². The number of thioether (sulfide) groups is 1. The van der Waals surface area contributed by atoms with Gasteiger partial charge in [0.05, 0.1) is 19.5 Å². The molecule has 1 atom stereocenters. The third-order valence-electron chi connectivity index (χ3n) is 2.64. The van der Waals surface area contributed by atoms with Crippen LogP contribution in [0.5, 0.6) is 11.5 Å². The van der Waals surface area contributed by atoms with Crippen LogP contribution in [-0.2, 0) is 4.79 Å². The third-order valence-corrected chi connectivity index (χ3v) is 4.55. The monoisotopic (exact) mass is 325 g/mol. The molecule has 0 aliphatic carbocycles. The first kappa shape index (κ1) is 15.6. The molecule has 0 aliphatic rings. The average Bonchev–Trinajstić information content (AvgIpc) is 2.99. The minimum atomic E-state index is -0.272. The number of carbonyl (C=O) groups is 1. The van der Waals surface area contributed by atoms with Crippen LogP contribution in [0.1, 0.15) is 6.92 Å². The fourth-order valence-corrected chi connectivity index (χ4v) is 3.20. The molecule has 1 aromatic carbocycles. The molecule has 0 saturated heterocycles. The van der Waals surface area contributed by atoms with Crippen molar-refractivity contribution in [2.24, 2.45) is 0 Å². The van der Waals surface area contributed by atoms with Gasteiger partial charge in [-0.15, -0.1) is 10.2 Å². The molecule has 0 unspecified atom stereocenters. The Bertz CT molecular complexity index is 605. The number of anilines is 1. The minimum Gasteiger partial charge on any atom is -0.493 e. The first-order valence-corrected chi connectivity index (χ1v) is 7.85. The van der Waals surface area contributed by atoms with Crippen LogP contribution in [0, 0.1) is 0 Å². The zero-order valence-electron chi connectivity index (χ0n) is 11.8. The summed E-state index contributed by atoms with van der Waals surface area (Å²) in [4.78, 5) is 12.1. The van der Waals surface area contributed by atoms with Crippen molar-refractivity contribution in [2.45, 2.75) is 16.5 Å². The lowest BCUT2D eigenvalue weighted by Gasteiger charge is -2.12. The predicted octanol–water partition coefficient (Wildman–Crippen LogP) is 2.67. The smallest absolute Gasteiger partial charge is 0.237 e. The van der Waals surface area contributed by atoms with Crippen LogP contribution in [0.15, 0.2) is 28.0 Å². The van der Waals surface area contributed by atoms with Crippen LogP contribution in [0.25, 0.3) is 0 Å². The maximum absolute atomic E-state index is 12.1. The lowest BCUT2D eigenvalue weighted by atomic mass is 10.2. The highest BCUT2D eigenvalue weighted by atomic mass is 32.2. The van der Waals surface area contributed by atoms with Crippen molar-refractivity contribution in [1.82, 2.24) is 10.2 Å². The molecule has 0 radical (unpaired) electrons. The van der Waals surface area contributed by atoms with Gasteiger partial charge in [-0.05, 0) is 19.1 Å². The number of methoxy groups -OCH3 is 2. The van der Waals surface area contributed by atoms with Crippen molar-refractivity contribution in [2.75, 3.05) is 19.5 Å². The van der Waals surface area contributed by atoms with Gasteiger partial charge in [0.2, 0.25) is 5.91 Å². The number of carbonyl (C=O) groups excluding carboxylic acids is 1. The van der Waals surface area contributed by atoms with Crippen molar-refractivity contribution in [3.63, 3.8) is 0 Å². The summed E-state index contributed by atoms with van der Waals surface area (Å²) in [5.74, 6) is 1.08. The van der Waals surface area contributed by atoms with Crippen molar-refractivity contribution in [1.29, 1.82) is 0 Å². The van der Waals surface area contributed by atoms with Crippen LogP contribution in [0.4, 0.5) is 5.69 Å². The zero-order valence-corrected chi connectivity index (χ0v) is 13.5. The van der Waals surface area contributed by atoms with E-state index in [9.17, 15) is 4.79 Å². The summed E-state index contributed by atoms with van der Waals surface area (Å²) in [6.07, 6.45) is 0. The van der Waals surface area contributed by atoms with Crippen LogP contribution in [-0.4, -0.2) is 35.6 Å². The van der Waals surface area contributed by atoms with Gasteiger partial charge in [0.15, 0.2) is 15.8 Å². The van der Waals surface area contributed by atoms with Gasteiger partial charge in [-0.3, -0.25) is 4.79 Å². The fraction of sp³-hybridized carbons (Fsp3) is 0.308. The molecule has 1 heterocycles. The standard InChI is InChI=1S/C13H15N3O3S2/c1-8(21-13-16-14-7-20-13)12(17)15-9-4-5-10(18-2)11(6-9)19-3/h4-8H,1-3H3,(H,15,17)/t8-/m0/s1. The molecule has 0 bridgehead atoms. The van der Waals surface area contributed by atoms with Crippen molar-refractivity contribution in [3.8, 4) is 11.5 Å². The van der Waals surface area contributed by atoms with Gasteiger partial charge < -0.3 is 14.8 Å². The van der Waals surface area contributed by atoms with E-state index in [1.54, 1.807) is 37.9 Å². The summed E-state index contributed by atoms with van der Waals surface area (Å²) >= 11 is 2.78. The van der Waals surface area contributed by atoms with E-state index in [0.717, 1.165) is 4.34 Å². The molecule has 6 nitrogen and oxygen atoms in total. The number of benzene rings is 1. The number of nitrogens with zero attached hydrogens (tertiary/aromatic N) is 2. The van der Waals surface area contributed by atoms with Gasteiger partial charge in [-0.1, -0.05) is 23.1 Å². The van der Waals surface area contributed by atoms with Gasteiger partial charge in [0.25, 0.3) is 0 Å². The number of amides is 1. The van der Waals surface area contributed by atoms with Crippen molar-refractivity contribution >= 4 is 34.7 Å². The SMILES string of the molecule is COc1ccc(NC(=O)[C@H](C)Sc2nncs2)cc1OC. The lowest BCUT2D eigenvalue weighted by Crippen LogP contribution is -2.22. The van der Waals surface area contributed by atoms with Crippen LogP contribution in [0.2, 0.25) is 0 Å². The topological polar surface area (TPSA) is 73.3 Å². The first-order valence-electron chi connectivity index (χ1n) is 6.09. The fourth-order valence-electron chi connectivity index (χ4n) is 1.58. The Morgan fingerprint density at radius 2 is 2.10 bits per heavy atom. The second-order valence-corrected chi connectivity index (χ2v) is 6.44. The number of ether oxygens (including phenoxy) is 2. The molecule has 21 heavy (non-hydrogen) atoms. The number of hydrogen-bond acceptors (Lipinski definition) is 7. The molecule has 2 rings (SSSR count). The first-order chi connectivity index (χ1) is 10.1. The molecule has 112 valence electrons. The Kier molecular flexibility index (Phi) is 5.40. The van der Waals surface area contributed by atoms with Crippen LogP contribution >= 0.6 is 23.1 Å². The van der Waals surface area contributed by atoms with E-state index in [1.807, 2.05) is 6.92 Å². The molecule has 0 spiro atoms. The van der Waals surface area contributed by atoms with Crippen molar-refractivity contribution < 1.29 is 14.3 Å². The van der Waals surface area contributed by atoms with Crippen molar-refractivity contribution in [3.05, 3.63) is 23.7 Å². The Morgan fingerprint density at radius 1 is 1.33 bits per heavy atom. The Balaban J connectivity index is 2.01. The minimum absolute atomic E-state index is 0.109. The summed E-state index contributed by atoms with van der Waals surface area (Å²) in [6, 6.07) is 5.23. The molecule has 2 aromatic rings. The normalized spacial score (nSPS) is 11.8. The number of rotatable bonds is 6. The van der Waals surface area contributed by atoms with Gasteiger partial charge in [0, 0.05) is 11.8 Å². The van der Waals surface area contributed by atoms with E-state index in [-0.39, 0.29) is 11.2 Å². The van der Waals surface area contributed by atoms with E-state index in [4.69, 9.17) is 9.47 Å². The summed E-state index contributed by atoms with van der Waals surface area (Å²) in [6.45, 7) is 1.82. The zero-order chi connectivity index (χ0) is 15.2. The molecule has 1 amide bonds.